The van der Waals surface area contributed by atoms with E-state index in [0.29, 0.717) is 6.54 Å². The summed E-state index contributed by atoms with van der Waals surface area (Å²) in [6.07, 6.45) is 0.0861. The molecule has 0 saturated carbocycles. The third-order valence-corrected chi connectivity index (χ3v) is 5.90. The van der Waals surface area contributed by atoms with Crippen molar-refractivity contribution in [1.82, 2.24) is 14.9 Å². The summed E-state index contributed by atoms with van der Waals surface area (Å²) in [4.78, 5) is 14.3. The van der Waals surface area contributed by atoms with Crippen LogP contribution in [0, 0.1) is 13.8 Å². The van der Waals surface area contributed by atoms with Crippen LogP contribution < -0.4 is 10.0 Å². The van der Waals surface area contributed by atoms with Crippen molar-refractivity contribution in [3.8, 4) is 0 Å². The van der Waals surface area contributed by atoms with Gasteiger partial charge in [-0.15, -0.1) is 0 Å². The molecule has 6 nitrogen and oxygen atoms in total. The van der Waals surface area contributed by atoms with Crippen molar-refractivity contribution in [2.75, 3.05) is 20.6 Å². The van der Waals surface area contributed by atoms with Gasteiger partial charge < -0.3 is 10.2 Å². The lowest BCUT2D eigenvalue weighted by atomic mass is 10.1. The molecule has 152 valence electrons. The third kappa shape index (κ3) is 6.74. The fourth-order valence-electron chi connectivity index (χ4n) is 2.68. The molecule has 28 heavy (non-hydrogen) atoms. The molecule has 0 spiro atoms. The zero-order valence-electron chi connectivity index (χ0n) is 17.0. The van der Waals surface area contributed by atoms with E-state index in [1.807, 2.05) is 52.2 Å². The molecule has 2 aromatic carbocycles. The molecule has 2 N–H and O–H groups in total. The Bertz CT molecular complexity index is 907. The van der Waals surface area contributed by atoms with Gasteiger partial charge in [-0.25, -0.2) is 13.1 Å². The first-order valence-electron chi connectivity index (χ1n) is 9.23. The van der Waals surface area contributed by atoms with Crippen LogP contribution in [0.3, 0.4) is 0 Å². The van der Waals surface area contributed by atoms with Crippen LogP contribution >= 0.6 is 0 Å². The second-order valence-electron chi connectivity index (χ2n) is 7.22. The number of rotatable bonds is 9. The van der Waals surface area contributed by atoms with E-state index in [1.165, 1.54) is 5.56 Å². The quantitative estimate of drug-likeness (QED) is 0.674. The van der Waals surface area contributed by atoms with Crippen LogP contribution in [-0.2, 0) is 27.9 Å². The Morgan fingerprint density at radius 2 is 1.61 bits per heavy atom. The average molecular weight is 404 g/mol. The largest absolute Gasteiger partial charge is 0.352 e. The third-order valence-electron chi connectivity index (χ3n) is 4.44. The van der Waals surface area contributed by atoms with E-state index in [9.17, 15) is 13.2 Å². The Labute approximate surface area is 168 Å². The number of benzene rings is 2. The van der Waals surface area contributed by atoms with Crippen LogP contribution in [0.2, 0.25) is 0 Å². The van der Waals surface area contributed by atoms with Gasteiger partial charge in [0.15, 0.2) is 0 Å². The molecule has 7 heteroatoms. The molecule has 0 aliphatic rings. The monoisotopic (exact) mass is 403 g/mol. The summed E-state index contributed by atoms with van der Waals surface area (Å²) in [5, 5.41) is 2.82. The minimum absolute atomic E-state index is 0.0584. The van der Waals surface area contributed by atoms with Gasteiger partial charge in [-0.1, -0.05) is 30.3 Å². The zero-order valence-corrected chi connectivity index (χ0v) is 17.8. The minimum Gasteiger partial charge on any atom is -0.352 e. The van der Waals surface area contributed by atoms with Crippen LogP contribution in [0.1, 0.15) is 28.7 Å². The Balaban J connectivity index is 1.78. The topological polar surface area (TPSA) is 78.5 Å². The maximum Gasteiger partial charge on any atom is 0.240 e. The highest BCUT2D eigenvalue weighted by molar-refractivity contribution is 7.89. The molecule has 0 fully saturated rings. The summed E-state index contributed by atoms with van der Waals surface area (Å²) in [6, 6.07) is 13.0. The van der Waals surface area contributed by atoms with Crippen LogP contribution in [0.25, 0.3) is 0 Å². The SMILES string of the molecule is Cc1ccc(S(=O)(=O)NCCC(=O)NCc2ccc(CN(C)C)cc2)cc1C. The van der Waals surface area contributed by atoms with E-state index in [-0.39, 0.29) is 23.8 Å². The van der Waals surface area contributed by atoms with Crippen molar-refractivity contribution in [2.45, 2.75) is 38.3 Å². The Hall–Kier alpha value is -2.22. The molecule has 0 saturated heterocycles. The van der Waals surface area contributed by atoms with E-state index in [2.05, 4.69) is 14.9 Å². The number of hydrogen-bond donors (Lipinski definition) is 2. The van der Waals surface area contributed by atoms with Gasteiger partial charge in [0.1, 0.15) is 0 Å². The predicted octanol–water partition coefficient (Wildman–Crippen LogP) is 2.35. The van der Waals surface area contributed by atoms with Crippen molar-refractivity contribution in [2.24, 2.45) is 0 Å². The van der Waals surface area contributed by atoms with E-state index in [1.54, 1.807) is 18.2 Å². The Morgan fingerprint density at radius 1 is 0.964 bits per heavy atom. The summed E-state index contributed by atoms with van der Waals surface area (Å²) >= 11 is 0. The summed E-state index contributed by atoms with van der Waals surface area (Å²) in [6.45, 7) is 5.15. The number of amides is 1. The van der Waals surface area contributed by atoms with Crippen molar-refractivity contribution in [3.05, 3.63) is 64.7 Å². The van der Waals surface area contributed by atoms with Gasteiger partial charge in [-0.2, -0.15) is 0 Å². The average Bonchev–Trinajstić information content (AvgIpc) is 2.62. The highest BCUT2D eigenvalue weighted by Crippen LogP contribution is 2.14. The van der Waals surface area contributed by atoms with Crippen molar-refractivity contribution >= 4 is 15.9 Å². The molecule has 0 atom stereocenters. The van der Waals surface area contributed by atoms with Crippen LogP contribution in [0.15, 0.2) is 47.4 Å². The van der Waals surface area contributed by atoms with E-state index in [0.717, 1.165) is 23.2 Å². The molecule has 1 amide bonds. The molecule has 0 aromatic heterocycles. The van der Waals surface area contributed by atoms with Gasteiger partial charge in [0.2, 0.25) is 15.9 Å². The van der Waals surface area contributed by atoms with Gasteiger partial charge >= 0.3 is 0 Å². The predicted molar refractivity (Wildman–Crippen MR) is 111 cm³/mol. The molecule has 0 radical (unpaired) electrons. The lowest BCUT2D eigenvalue weighted by Gasteiger charge is -2.11. The van der Waals surface area contributed by atoms with Crippen molar-refractivity contribution in [3.63, 3.8) is 0 Å². The molecule has 2 rings (SSSR count). The van der Waals surface area contributed by atoms with Crippen LogP contribution in [0.4, 0.5) is 0 Å². The molecule has 2 aromatic rings. The molecule has 0 unspecified atom stereocenters. The highest BCUT2D eigenvalue weighted by atomic mass is 32.2. The second-order valence-corrected chi connectivity index (χ2v) is 8.99. The second kappa shape index (κ2) is 9.82. The van der Waals surface area contributed by atoms with Gasteiger partial charge in [0, 0.05) is 26.1 Å². The molecule has 0 heterocycles. The molecule has 0 aliphatic carbocycles. The first-order chi connectivity index (χ1) is 13.2. The summed E-state index contributed by atoms with van der Waals surface area (Å²) in [5.41, 5.74) is 4.16. The summed E-state index contributed by atoms with van der Waals surface area (Å²) in [7, 11) is 0.421. The van der Waals surface area contributed by atoms with Gasteiger partial charge in [-0.3, -0.25) is 4.79 Å². The lowest BCUT2D eigenvalue weighted by molar-refractivity contribution is -0.121. The number of aryl methyl sites for hydroxylation is 2. The fourth-order valence-corrected chi connectivity index (χ4v) is 3.80. The van der Waals surface area contributed by atoms with Gasteiger partial charge in [0.25, 0.3) is 0 Å². The first-order valence-corrected chi connectivity index (χ1v) is 10.7. The smallest absolute Gasteiger partial charge is 0.240 e. The number of hydrogen-bond acceptors (Lipinski definition) is 4. The van der Waals surface area contributed by atoms with Crippen LogP contribution in [0.5, 0.6) is 0 Å². The number of nitrogens with one attached hydrogen (secondary N) is 2. The Morgan fingerprint density at radius 3 is 2.21 bits per heavy atom. The van der Waals surface area contributed by atoms with E-state index < -0.39 is 10.0 Å². The molecule has 0 aliphatic heterocycles. The molecular weight excluding hydrogens is 374 g/mol. The lowest BCUT2D eigenvalue weighted by Crippen LogP contribution is -2.30. The van der Waals surface area contributed by atoms with Crippen molar-refractivity contribution in [1.29, 1.82) is 0 Å². The van der Waals surface area contributed by atoms with Crippen LogP contribution in [-0.4, -0.2) is 39.9 Å². The fraction of sp³-hybridized carbons (Fsp3) is 0.381. The van der Waals surface area contributed by atoms with Gasteiger partial charge in [0.05, 0.1) is 4.90 Å². The van der Waals surface area contributed by atoms with Crippen molar-refractivity contribution < 1.29 is 13.2 Å². The number of sulfonamides is 1. The zero-order chi connectivity index (χ0) is 20.7. The summed E-state index contributed by atoms with van der Waals surface area (Å²) in [5.74, 6) is -0.194. The van der Waals surface area contributed by atoms with E-state index >= 15 is 0 Å². The normalized spacial score (nSPS) is 11.6. The van der Waals surface area contributed by atoms with E-state index in [4.69, 9.17) is 0 Å². The highest BCUT2D eigenvalue weighted by Gasteiger charge is 2.14. The Kier molecular flexibility index (Phi) is 7.74. The number of carbonyl (C=O) groups is 1. The summed E-state index contributed by atoms with van der Waals surface area (Å²) < 4.78 is 27.1. The molecular formula is C21H29N3O3S. The number of carbonyl (C=O) groups excluding carboxylic acids is 1. The number of nitrogens with zero attached hydrogens (tertiary/aromatic N) is 1. The maximum atomic E-state index is 12.3. The minimum atomic E-state index is -3.61. The first kappa shape index (κ1) is 22.1. The van der Waals surface area contributed by atoms with Gasteiger partial charge in [-0.05, 0) is 62.3 Å². The standard InChI is InChI=1S/C21H29N3O3S/c1-16-5-10-20(13-17(16)2)28(26,27)23-12-11-21(25)22-14-18-6-8-19(9-7-18)15-24(3)4/h5-10,13,23H,11-12,14-15H2,1-4H3,(H,22,25). The molecule has 0 bridgehead atoms. The maximum absolute atomic E-state index is 12.3.